The lowest BCUT2D eigenvalue weighted by Crippen LogP contribution is -2.47. The van der Waals surface area contributed by atoms with Gasteiger partial charge in [0.1, 0.15) is 5.75 Å². The van der Waals surface area contributed by atoms with E-state index in [1.165, 1.54) is 0 Å². The molecule has 1 heterocycles. The Balaban J connectivity index is 1.49. The summed E-state index contributed by atoms with van der Waals surface area (Å²) in [6.45, 7) is 4.42. The minimum Gasteiger partial charge on any atom is -0.495 e. The third-order valence-electron chi connectivity index (χ3n) is 6.79. The average molecular weight is 600 g/mol. The smallest absolute Gasteiger partial charge is 0.323 e. The third kappa shape index (κ3) is 8.19. The number of nitrogens with zero attached hydrogens (tertiary/aromatic N) is 3. The lowest BCUT2D eigenvalue weighted by molar-refractivity contribution is 0.0952. The van der Waals surface area contributed by atoms with Crippen molar-refractivity contribution in [1.29, 1.82) is 0 Å². The van der Waals surface area contributed by atoms with E-state index in [0.717, 1.165) is 56.3 Å². The number of hydrogen-bond acceptors (Lipinski definition) is 6. The summed E-state index contributed by atoms with van der Waals surface area (Å²) < 4.78 is 5.55. The zero-order valence-corrected chi connectivity index (χ0v) is 25.1. The van der Waals surface area contributed by atoms with Crippen molar-refractivity contribution >= 4 is 57.9 Å². The van der Waals surface area contributed by atoms with Crippen LogP contribution in [0.2, 0.25) is 10.0 Å². The van der Waals surface area contributed by atoms with Gasteiger partial charge in [0.25, 0.3) is 5.91 Å². The van der Waals surface area contributed by atoms with Gasteiger partial charge in [-0.1, -0.05) is 35.3 Å². The van der Waals surface area contributed by atoms with Crippen molar-refractivity contribution in [3.63, 3.8) is 0 Å². The van der Waals surface area contributed by atoms with Gasteiger partial charge in [0.15, 0.2) is 0 Å². The molecule has 218 valence electrons. The number of piperazine rings is 1. The summed E-state index contributed by atoms with van der Waals surface area (Å²) in [5.41, 5.74) is 3.39. The van der Waals surface area contributed by atoms with Gasteiger partial charge in [-0.05, 0) is 75.6 Å². The number of hydrogen-bond donors (Lipinski definition) is 3. The molecule has 0 aromatic heterocycles. The molecule has 11 heteroatoms. The van der Waals surface area contributed by atoms with Crippen molar-refractivity contribution in [2.24, 2.45) is 0 Å². The van der Waals surface area contributed by atoms with Crippen LogP contribution in [0.5, 0.6) is 5.75 Å². The molecule has 0 aliphatic carbocycles. The number of para-hydroxylation sites is 2. The van der Waals surface area contributed by atoms with Crippen LogP contribution >= 0.6 is 23.2 Å². The maximum Gasteiger partial charge on any atom is 0.323 e. The summed E-state index contributed by atoms with van der Waals surface area (Å²) in [5, 5.41) is 9.35. The van der Waals surface area contributed by atoms with Crippen molar-refractivity contribution < 1.29 is 14.3 Å². The van der Waals surface area contributed by atoms with E-state index in [2.05, 4.69) is 36.7 Å². The predicted octanol–water partition coefficient (Wildman–Crippen LogP) is 5.65. The number of rotatable bonds is 10. The molecule has 1 aliphatic heterocycles. The zero-order valence-electron chi connectivity index (χ0n) is 23.5. The Morgan fingerprint density at radius 2 is 1.49 bits per heavy atom. The first-order chi connectivity index (χ1) is 19.7. The fourth-order valence-corrected chi connectivity index (χ4v) is 5.01. The van der Waals surface area contributed by atoms with Gasteiger partial charge in [0.05, 0.1) is 28.4 Å². The van der Waals surface area contributed by atoms with Crippen molar-refractivity contribution in [1.82, 2.24) is 10.2 Å². The summed E-state index contributed by atoms with van der Waals surface area (Å²) in [6, 6.07) is 17.8. The monoisotopic (exact) mass is 598 g/mol. The van der Waals surface area contributed by atoms with Gasteiger partial charge in [-0.25, -0.2) is 4.79 Å². The number of halogens is 2. The minimum atomic E-state index is -0.459. The topological polar surface area (TPSA) is 89.2 Å². The standard InChI is InChI=1S/C30H36Cl2N6O3/c1-36(2)14-6-13-33-29(39)23-19-21(34-30(40)35-22-9-11-24(31)25(32)20-22)10-12-26(23)37-15-17-38(18-16-37)27-7-4-5-8-28(27)41-3/h4-5,7-12,19-20H,6,13-18H2,1-3H3,(H,33,39)(H2,34,35,40). The number of methoxy groups -OCH3 is 1. The Kier molecular flexibility index (Phi) is 10.6. The normalized spacial score (nSPS) is 13.2. The summed E-state index contributed by atoms with van der Waals surface area (Å²) in [6.07, 6.45) is 0.829. The molecule has 0 unspecified atom stereocenters. The number of ether oxygens (including phenoxy) is 1. The molecule has 3 aromatic rings. The Morgan fingerprint density at radius 3 is 2.15 bits per heavy atom. The zero-order chi connectivity index (χ0) is 29.4. The largest absolute Gasteiger partial charge is 0.495 e. The number of benzene rings is 3. The number of nitrogens with one attached hydrogen (secondary N) is 3. The van der Waals surface area contributed by atoms with Crippen molar-refractivity contribution in [2.75, 3.05) is 80.9 Å². The molecule has 41 heavy (non-hydrogen) atoms. The molecule has 0 radical (unpaired) electrons. The second-order valence-corrected chi connectivity index (χ2v) is 10.8. The Labute approximate surface area is 251 Å². The molecular weight excluding hydrogens is 563 g/mol. The first kappa shape index (κ1) is 30.3. The second-order valence-electron chi connectivity index (χ2n) is 10.00. The fraction of sp³-hybridized carbons (Fsp3) is 0.333. The van der Waals surface area contributed by atoms with Crippen LogP contribution in [0.15, 0.2) is 60.7 Å². The lowest BCUT2D eigenvalue weighted by Gasteiger charge is -2.38. The van der Waals surface area contributed by atoms with Crippen molar-refractivity contribution in [2.45, 2.75) is 6.42 Å². The van der Waals surface area contributed by atoms with Gasteiger partial charge in [0, 0.05) is 49.8 Å². The Morgan fingerprint density at radius 1 is 0.854 bits per heavy atom. The second kappa shape index (κ2) is 14.3. The van der Waals surface area contributed by atoms with Crippen LogP contribution in [0.3, 0.4) is 0 Å². The number of carbonyl (C=O) groups is 2. The summed E-state index contributed by atoms with van der Waals surface area (Å²) in [5.74, 6) is 0.660. The summed E-state index contributed by atoms with van der Waals surface area (Å²) >= 11 is 12.0. The molecule has 0 spiro atoms. The van der Waals surface area contributed by atoms with Gasteiger partial charge in [-0.3, -0.25) is 4.79 Å². The Bertz CT molecular complexity index is 1360. The van der Waals surface area contributed by atoms with E-state index in [0.29, 0.717) is 33.5 Å². The van der Waals surface area contributed by atoms with E-state index in [1.807, 2.05) is 38.4 Å². The predicted molar refractivity (Wildman–Crippen MR) is 168 cm³/mol. The molecule has 0 saturated carbocycles. The number of urea groups is 1. The van der Waals surface area contributed by atoms with E-state index in [-0.39, 0.29) is 5.91 Å². The maximum atomic E-state index is 13.4. The van der Waals surface area contributed by atoms with Gasteiger partial charge >= 0.3 is 6.03 Å². The van der Waals surface area contributed by atoms with Crippen LogP contribution in [0.4, 0.5) is 27.5 Å². The molecule has 9 nitrogen and oxygen atoms in total. The highest BCUT2D eigenvalue weighted by Crippen LogP contribution is 2.31. The van der Waals surface area contributed by atoms with Crippen molar-refractivity contribution in [3.05, 3.63) is 76.3 Å². The van der Waals surface area contributed by atoms with Crippen LogP contribution < -0.4 is 30.5 Å². The maximum absolute atomic E-state index is 13.4. The molecule has 3 aromatic carbocycles. The first-order valence-electron chi connectivity index (χ1n) is 13.5. The summed E-state index contributed by atoms with van der Waals surface area (Å²) in [7, 11) is 5.69. The molecule has 1 fully saturated rings. The van der Waals surface area contributed by atoms with Crippen LogP contribution in [0.25, 0.3) is 0 Å². The SMILES string of the molecule is COc1ccccc1N1CCN(c2ccc(NC(=O)Nc3ccc(Cl)c(Cl)c3)cc2C(=O)NCCCN(C)C)CC1. The highest BCUT2D eigenvalue weighted by Gasteiger charge is 2.24. The van der Waals surface area contributed by atoms with Crippen LogP contribution in [0.1, 0.15) is 16.8 Å². The average Bonchev–Trinajstić information content (AvgIpc) is 2.97. The van der Waals surface area contributed by atoms with Crippen molar-refractivity contribution in [3.8, 4) is 5.75 Å². The minimum absolute atomic E-state index is 0.181. The quantitative estimate of drug-likeness (QED) is 0.261. The summed E-state index contributed by atoms with van der Waals surface area (Å²) in [4.78, 5) is 32.7. The van der Waals surface area contributed by atoms with Gasteiger partial charge < -0.3 is 35.4 Å². The number of anilines is 4. The molecule has 0 atom stereocenters. The lowest BCUT2D eigenvalue weighted by atomic mass is 10.1. The van der Waals surface area contributed by atoms with Gasteiger partial charge in [0.2, 0.25) is 0 Å². The molecule has 1 saturated heterocycles. The molecule has 4 rings (SSSR count). The van der Waals surface area contributed by atoms with Crippen LogP contribution in [-0.4, -0.2) is 77.3 Å². The fourth-order valence-electron chi connectivity index (χ4n) is 4.71. The highest BCUT2D eigenvalue weighted by atomic mass is 35.5. The molecule has 3 amide bonds. The number of amides is 3. The van der Waals surface area contributed by atoms with E-state index in [1.54, 1.807) is 37.4 Å². The third-order valence-corrected chi connectivity index (χ3v) is 7.53. The van der Waals surface area contributed by atoms with Gasteiger partial charge in [-0.2, -0.15) is 0 Å². The van der Waals surface area contributed by atoms with E-state index >= 15 is 0 Å². The van der Waals surface area contributed by atoms with Gasteiger partial charge in [-0.15, -0.1) is 0 Å². The van der Waals surface area contributed by atoms with Crippen LogP contribution in [-0.2, 0) is 0 Å². The van der Waals surface area contributed by atoms with E-state index < -0.39 is 6.03 Å². The molecule has 3 N–H and O–H groups in total. The number of carbonyl (C=O) groups excluding carboxylic acids is 2. The Hall–Kier alpha value is -3.66. The van der Waals surface area contributed by atoms with E-state index in [9.17, 15) is 9.59 Å². The molecular formula is C30H36Cl2N6O3. The first-order valence-corrected chi connectivity index (χ1v) is 14.2. The molecule has 1 aliphatic rings. The van der Waals surface area contributed by atoms with E-state index in [4.69, 9.17) is 27.9 Å². The molecule has 0 bridgehead atoms. The van der Waals surface area contributed by atoms with Crippen LogP contribution in [0, 0.1) is 0 Å². The highest BCUT2D eigenvalue weighted by molar-refractivity contribution is 6.42.